The lowest BCUT2D eigenvalue weighted by Gasteiger charge is -2.40. The Morgan fingerprint density at radius 2 is 1.72 bits per heavy atom. The number of aromatic nitrogens is 2. The zero-order valence-electron chi connectivity index (χ0n) is 27.6. The second kappa shape index (κ2) is 13.0. The number of carbonyl (C=O) groups excluding carboxylic acids is 3. The molecule has 9 nitrogen and oxygen atoms in total. The van der Waals surface area contributed by atoms with Crippen molar-refractivity contribution >= 4 is 42.8 Å². The van der Waals surface area contributed by atoms with E-state index in [1.54, 1.807) is 34.6 Å². The molecule has 1 amide bonds. The van der Waals surface area contributed by atoms with Gasteiger partial charge >= 0.3 is 6.09 Å². The largest absolute Gasteiger partial charge is 0.444 e. The van der Waals surface area contributed by atoms with Crippen LogP contribution in [0.5, 0.6) is 0 Å². The van der Waals surface area contributed by atoms with Gasteiger partial charge in [-0.15, -0.1) is 0 Å². The van der Waals surface area contributed by atoms with E-state index >= 15 is 4.39 Å². The molecule has 1 aromatic heterocycles. The first-order valence-electron chi connectivity index (χ1n) is 15.2. The predicted octanol–water partition coefficient (Wildman–Crippen LogP) is 7.12. The highest BCUT2D eigenvalue weighted by atomic mass is 28.4. The van der Waals surface area contributed by atoms with Gasteiger partial charge in [0.2, 0.25) is 0 Å². The molecule has 1 unspecified atom stereocenters. The molecule has 0 saturated heterocycles. The third-order valence-electron chi connectivity index (χ3n) is 8.22. The number of rotatable bonds is 12. The van der Waals surface area contributed by atoms with E-state index in [1.807, 2.05) is 6.92 Å². The number of nitrogens with zero attached hydrogens (tertiary/aromatic N) is 2. The van der Waals surface area contributed by atoms with E-state index in [2.05, 4.69) is 54.5 Å². The van der Waals surface area contributed by atoms with Crippen LogP contribution in [-0.2, 0) is 14.0 Å². The maximum Gasteiger partial charge on any atom is 0.408 e. The van der Waals surface area contributed by atoms with Crippen LogP contribution in [0.1, 0.15) is 97.1 Å². The summed E-state index contributed by atoms with van der Waals surface area (Å²) in [6.45, 7) is 21.0. The fourth-order valence-corrected chi connectivity index (χ4v) is 6.02. The summed E-state index contributed by atoms with van der Waals surface area (Å²) >= 11 is 0. The van der Waals surface area contributed by atoms with Gasteiger partial charge in [0.15, 0.2) is 19.9 Å². The van der Waals surface area contributed by atoms with Gasteiger partial charge in [-0.25, -0.2) is 19.2 Å². The van der Waals surface area contributed by atoms with Gasteiger partial charge in [0.05, 0.1) is 22.9 Å². The molecule has 238 valence electrons. The van der Waals surface area contributed by atoms with Crippen molar-refractivity contribution in [2.75, 3.05) is 5.32 Å². The Morgan fingerprint density at radius 3 is 2.26 bits per heavy atom. The summed E-state index contributed by atoms with van der Waals surface area (Å²) in [7, 11) is -2.34. The molecule has 0 spiro atoms. The van der Waals surface area contributed by atoms with Crippen LogP contribution in [0, 0.1) is 18.7 Å². The monoisotopic (exact) mass is 616 g/mol. The smallest absolute Gasteiger partial charge is 0.408 e. The maximum atomic E-state index is 15.3. The average Bonchev–Trinajstić information content (AvgIpc) is 3.68. The van der Waals surface area contributed by atoms with Crippen molar-refractivity contribution < 1.29 is 27.9 Å². The number of nitrogens with one attached hydrogen (secondary N) is 2. The molecule has 11 heteroatoms. The van der Waals surface area contributed by atoms with Crippen LogP contribution in [0.15, 0.2) is 12.1 Å². The highest BCUT2D eigenvalue weighted by molar-refractivity contribution is 6.74. The molecular formula is C32H49FN4O5Si. The second-order valence-corrected chi connectivity index (χ2v) is 19.0. The Kier molecular flexibility index (Phi) is 10.4. The maximum absolute atomic E-state index is 15.3. The molecule has 3 rings (SSSR count). The first-order valence-corrected chi connectivity index (χ1v) is 18.1. The van der Waals surface area contributed by atoms with Crippen molar-refractivity contribution in [2.24, 2.45) is 5.92 Å². The number of aryl methyl sites for hydroxylation is 1. The number of ether oxygens (including phenoxy) is 1. The summed E-state index contributed by atoms with van der Waals surface area (Å²) in [6.07, 6.45) is 0.638. The van der Waals surface area contributed by atoms with Gasteiger partial charge < -0.3 is 19.8 Å². The van der Waals surface area contributed by atoms with Gasteiger partial charge in [0, 0.05) is 18.4 Å². The second-order valence-electron chi connectivity index (χ2n) is 14.2. The molecule has 43 heavy (non-hydrogen) atoms. The van der Waals surface area contributed by atoms with Crippen LogP contribution in [0.2, 0.25) is 18.1 Å². The normalized spacial score (nSPS) is 16.4. The van der Waals surface area contributed by atoms with E-state index in [4.69, 9.17) is 9.16 Å². The van der Waals surface area contributed by atoms with Crippen molar-refractivity contribution in [3.05, 3.63) is 29.2 Å². The number of benzene rings is 1. The number of carbonyl (C=O) groups is 3. The number of fused-ring (bicyclic) bond motifs is 1. The van der Waals surface area contributed by atoms with Crippen molar-refractivity contribution in [3.8, 4) is 0 Å². The molecule has 1 saturated carbocycles. The van der Waals surface area contributed by atoms with Crippen LogP contribution in [0.3, 0.4) is 0 Å². The third-order valence-corrected chi connectivity index (χ3v) is 12.8. The number of hydrogen-bond acceptors (Lipinski definition) is 8. The van der Waals surface area contributed by atoms with Gasteiger partial charge in [-0.2, -0.15) is 0 Å². The van der Waals surface area contributed by atoms with Gasteiger partial charge in [0.25, 0.3) is 0 Å². The topological polar surface area (TPSA) is 120 Å². The first-order chi connectivity index (χ1) is 19.7. The number of anilines is 1. The first kappa shape index (κ1) is 34.6. The van der Waals surface area contributed by atoms with Crippen LogP contribution in [-0.4, -0.2) is 59.7 Å². The molecule has 1 heterocycles. The molecular weight excluding hydrogens is 567 g/mol. The summed E-state index contributed by atoms with van der Waals surface area (Å²) in [6, 6.07) is 1.94. The average molecular weight is 617 g/mol. The highest BCUT2D eigenvalue weighted by Gasteiger charge is 2.42. The standard InChI is InChI=1S/C32H49FN4O5Si/c1-12-20(28(39)26(37-30(40)41-31(4,5)6)19(3)42-43(10,11)32(7,8)9)17-24(38)25-22(33)15-16-23-27(25)36-29(18(2)34-23)35-21-13-14-21/h15-16,19-21,26H,12-14,17H2,1-11H3,(H,35,36)(H,37,40)/t19-,20?,26+/m0/s1. The lowest BCUT2D eigenvalue weighted by Crippen LogP contribution is -2.55. The van der Waals surface area contributed by atoms with E-state index < -0.39 is 49.7 Å². The zero-order valence-corrected chi connectivity index (χ0v) is 28.6. The van der Waals surface area contributed by atoms with Gasteiger partial charge in [0.1, 0.15) is 28.8 Å². The summed E-state index contributed by atoms with van der Waals surface area (Å²) in [5.74, 6) is -1.92. The number of amides is 1. The Bertz CT molecular complexity index is 1360. The Balaban J connectivity index is 1.93. The van der Waals surface area contributed by atoms with E-state index in [0.717, 1.165) is 12.8 Å². The summed E-state index contributed by atoms with van der Waals surface area (Å²) < 4.78 is 27.2. The van der Waals surface area contributed by atoms with E-state index in [9.17, 15) is 14.4 Å². The van der Waals surface area contributed by atoms with Gasteiger partial charge in [-0.3, -0.25) is 9.59 Å². The van der Waals surface area contributed by atoms with Crippen LogP contribution < -0.4 is 10.6 Å². The molecule has 1 aromatic carbocycles. The Hall–Kier alpha value is -2.92. The lowest BCUT2D eigenvalue weighted by atomic mass is 9.87. The van der Waals surface area contributed by atoms with Crippen molar-refractivity contribution in [1.82, 2.24) is 15.3 Å². The van der Waals surface area contributed by atoms with Crippen LogP contribution in [0.25, 0.3) is 11.0 Å². The predicted molar refractivity (Wildman–Crippen MR) is 170 cm³/mol. The van der Waals surface area contributed by atoms with Crippen molar-refractivity contribution in [3.63, 3.8) is 0 Å². The fourth-order valence-electron chi connectivity index (χ4n) is 4.60. The van der Waals surface area contributed by atoms with Gasteiger partial charge in [-0.05, 0) is 84.1 Å². The Labute approximate surface area is 256 Å². The number of halogens is 1. The molecule has 2 aromatic rings. The fraction of sp³-hybridized carbons (Fsp3) is 0.656. The van der Waals surface area contributed by atoms with Crippen LogP contribution >= 0.6 is 0 Å². The Morgan fingerprint density at radius 1 is 1.09 bits per heavy atom. The number of alkyl carbamates (subject to hydrolysis) is 1. The molecule has 1 aliphatic carbocycles. The van der Waals surface area contributed by atoms with E-state index in [-0.39, 0.29) is 28.3 Å². The van der Waals surface area contributed by atoms with E-state index in [0.29, 0.717) is 29.5 Å². The van der Waals surface area contributed by atoms with E-state index in [1.165, 1.54) is 12.1 Å². The SMILES string of the molecule is CCC(CC(=O)c1c(F)ccc2nc(C)c(NC3CC3)nc12)C(=O)[C@H](NC(=O)OC(C)(C)C)[C@H](C)O[Si](C)(C)C(C)(C)C. The molecule has 0 bridgehead atoms. The summed E-state index contributed by atoms with van der Waals surface area (Å²) in [5, 5.41) is 5.88. The third kappa shape index (κ3) is 8.81. The minimum atomic E-state index is -2.34. The minimum Gasteiger partial charge on any atom is -0.444 e. The quantitative estimate of drug-likeness (QED) is 0.191. The van der Waals surface area contributed by atoms with Crippen LogP contribution in [0.4, 0.5) is 15.0 Å². The molecule has 3 atom stereocenters. The molecule has 0 radical (unpaired) electrons. The lowest BCUT2D eigenvalue weighted by molar-refractivity contribution is -0.127. The number of hydrogen-bond donors (Lipinski definition) is 2. The molecule has 0 aliphatic heterocycles. The minimum absolute atomic E-state index is 0.139. The van der Waals surface area contributed by atoms with Crippen molar-refractivity contribution in [2.45, 2.75) is 130 Å². The van der Waals surface area contributed by atoms with Crippen molar-refractivity contribution in [1.29, 1.82) is 0 Å². The molecule has 1 aliphatic rings. The number of ketones is 2. The summed E-state index contributed by atoms with van der Waals surface area (Å²) in [4.78, 5) is 49.8. The van der Waals surface area contributed by atoms with Gasteiger partial charge in [-0.1, -0.05) is 27.7 Å². The highest BCUT2D eigenvalue weighted by Crippen LogP contribution is 2.38. The molecule has 2 N–H and O–H groups in total. The summed E-state index contributed by atoms with van der Waals surface area (Å²) in [5.41, 5.74) is 0.276. The zero-order chi connectivity index (χ0) is 32.5. The number of Topliss-reactive ketones (excluding diaryl/α,β-unsaturated/α-hetero) is 2. The molecule has 1 fully saturated rings.